The molecule has 2 N–H and O–H groups in total. The van der Waals surface area contributed by atoms with Crippen LogP contribution in [-0.4, -0.2) is 47.2 Å². The smallest absolute Gasteiger partial charge is 0.407 e. The van der Waals surface area contributed by atoms with E-state index in [0.717, 1.165) is 40.7 Å². The molecule has 0 radical (unpaired) electrons. The number of ether oxygens (including phenoxy) is 1. The van der Waals surface area contributed by atoms with Crippen LogP contribution >= 0.6 is 11.3 Å². The van der Waals surface area contributed by atoms with E-state index < -0.39 is 30.4 Å². The van der Waals surface area contributed by atoms with Crippen molar-refractivity contribution >= 4 is 29.3 Å². The Hall–Kier alpha value is -3.65. The lowest BCUT2D eigenvalue weighted by Gasteiger charge is -2.28. The van der Waals surface area contributed by atoms with E-state index in [4.69, 9.17) is 4.74 Å². The molecule has 2 unspecified atom stereocenters. The van der Waals surface area contributed by atoms with Crippen LogP contribution in [0.4, 0.5) is 4.79 Å². The maximum Gasteiger partial charge on any atom is 0.407 e. The maximum atomic E-state index is 13.3. The number of nitrogens with zero attached hydrogens (tertiary/aromatic N) is 1. The van der Waals surface area contributed by atoms with Gasteiger partial charge < -0.3 is 20.1 Å². The highest BCUT2D eigenvalue weighted by Crippen LogP contribution is 2.44. The number of fused-ring (bicyclic) bond motifs is 3. The molecule has 0 spiro atoms. The van der Waals surface area contributed by atoms with Gasteiger partial charge in [-0.05, 0) is 57.5 Å². The van der Waals surface area contributed by atoms with Gasteiger partial charge in [0.25, 0.3) is 0 Å². The summed E-state index contributed by atoms with van der Waals surface area (Å²) >= 11 is 1.56. The summed E-state index contributed by atoms with van der Waals surface area (Å²) in [5.41, 5.74) is 5.43. The normalized spacial score (nSPS) is 17.5. The van der Waals surface area contributed by atoms with Crippen LogP contribution in [0.5, 0.6) is 0 Å². The Labute approximate surface area is 207 Å². The monoisotopic (exact) mass is 490 g/mol. The number of thiophene rings is 1. The summed E-state index contributed by atoms with van der Waals surface area (Å²) in [5, 5.41) is 15.9. The third kappa shape index (κ3) is 4.66. The number of carboxylic acid groups (broad SMARTS) is 1. The van der Waals surface area contributed by atoms with Crippen molar-refractivity contribution in [3.8, 4) is 11.1 Å². The number of carbonyl (C=O) groups excluding carboxylic acids is 2. The van der Waals surface area contributed by atoms with E-state index in [1.54, 1.807) is 16.2 Å². The molecule has 1 fully saturated rings. The van der Waals surface area contributed by atoms with E-state index >= 15 is 0 Å². The fourth-order valence-electron chi connectivity index (χ4n) is 5.20. The fourth-order valence-corrected chi connectivity index (χ4v) is 5.91. The second kappa shape index (κ2) is 9.92. The zero-order valence-electron chi connectivity index (χ0n) is 19.1. The highest BCUT2D eigenvalue weighted by atomic mass is 32.1. The van der Waals surface area contributed by atoms with Crippen LogP contribution in [0.3, 0.4) is 0 Å². The minimum atomic E-state index is -1.19. The standard InChI is InChI=1S/C27H26N2O5S/c30-25(31)14-23(26(32)29-12-5-10-24(29)17-11-13-35-16-17)28-27(33)34-15-22-20-8-3-1-6-18(20)19-7-2-4-9-21(19)22/h1-4,6-9,11,13,16,22-24H,5,10,12,14-15H2,(H,28,33)(H,30,31). The summed E-state index contributed by atoms with van der Waals surface area (Å²) in [6, 6.07) is 16.7. The lowest BCUT2D eigenvalue weighted by Crippen LogP contribution is -2.49. The predicted molar refractivity (Wildman–Crippen MR) is 132 cm³/mol. The first-order valence-electron chi connectivity index (χ1n) is 11.7. The first kappa shape index (κ1) is 23.1. The van der Waals surface area contributed by atoms with Gasteiger partial charge in [0.05, 0.1) is 12.5 Å². The second-order valence-corrected chi connectivity index (χ2v) is 9.65. The van der Waals surface area contributed by atoms with Crippen LogP contribution in [0.25, 0.3) is 11.1 Å². The molecule has 1 aliphatic heterocycles. The van der Waals surface area contributed by atoms with Crippen molar-refractivity contribution in [2.45, 2.75) is 37.3 Å². The molecule has 35 heavy (non-hydrogen) atoms. The fraction of sp³-hybridized carbons (Fsp3) is 0.296. The second-order valence-electron chi connectivity index (χ2n) is 8.87. The summed E-state index contributed by atoms with van der Waals surface area (Å²) in [4.78, 5) is 39.2. The number of amides is 2. The lowest BCUT2D eigenvalue weighted by atomic mass is 9.98. The number of rotatable bonds is 7. The van der Waals surface area contributed by atoms with E-state index in [1.807, 2.05) is 53.2 Å². The minimum absolute atomic E-state index is 0.0923. The number of alkyl carbamates (subject to hydrolysis) is 1. The van der Waals surface area contributed by atoms with Gasteiger partial charge in [-0.3, -0.25) is 9.59 Å². The minimum Gasteiger partial charge on any atom is -0.481 e. The lowest BCUT2D eigenvalue weighted by molar-refractivity contribution is -0.143. The van der Waals surface area contributed by atoms with E-state index in [-0.39, 0.29) is 18.6 Å². The van der Waals surface area contributed by atoms with Crippen LogP contribution in [0.1, 0.15) is 47.9 Å². The van der Waals surface area contributed by atoms with Gasteiger partial charge in [-0.25, -0.2) is 4.79 Å². The molecule has 3 aromatic rings. The Kier molecular flexibility index (Phi) is 6.55. The number of benzene rings is 2. The van der Waals surface area contributed by atoms with Gasteiger partial charge in [0, 0.05) is 12.5 Å². The van der Waals surface area contributed by atoms with E-state index in [1.165, 1.54) is 0 Å². The topological polar surface area (TPSA) is 95.9 Å². The number of hydrogen-bond acceptors (Lipinski definition) is 5. The molecular weight excluding hydrogens is 464 g/mol. The number of carboxylic acids is 1. The Balaban J connectivity index is 1.28. The zero-order valence-corrected chi connectivity index (χ0v) is 19.9. The van der Waals surface area contributed by atoms with Crippen molar-refractivity contribution in [1.82, 2.24) is 10.2 Å². The number of likely N-dealkylation sites (tertiary alicyclic amines) is 1. The quantitative estimate of drug-likeness (QED) is 0.496. The van der Waals surface area contributed by atoms with Crippen molar-refractivity contribution in [3.05, 3.63) is 82.0 Å². The first-order chi connectivity index (χ1) is 17.0. The first-order valence-corrected chi connectivity index (χ1v) is 12.6. The van der Waals surface area contributed by atoms with Crippen LogP contribution in [-0.2, 0) is 14.3 Å². The maximum absolute atomic E-state index is 13.3. The number of carbonyl (C=O) groups is 3. The summed E-state index contributed by atoms with van der Waals surface area (Å²) in [6.45, 7) is 0.622. The average Bonchev–Trinajstić information content (AvgIpc) is 3.61. The van der Waals surface area contributed by atoms with Crippen LogP contribution in [0.2, 0.25) is 0 Å². The van der Waals surface area contributed by atoms with Crippen molar-refractivity contribution in [2.75, 3.05) is 13.2 Å². The summed E-state index contributed by atoms with van der Waals surface area (Å²) < 4.78 is 5.55. The molecule has 180 valence electrons. The van der Waals surface area contributed by atoms with Gasteiger partial charge in [0.1, 0.15) is 12.6 Å². The molecule has 0 bridgehead atoms. The molecule has 2 atom stereocenters. The Morgan fingerprint density at radius 1 is 1.06 bits per heavy atom. The van der Waals surface area contributed by atoms with Gasteiger partial charge in [-0.15, -0.1) is 0 Å². The molecule has 2 aromatic carbocycles. The summed E-state index contributed by atoms with van der Waals surface area (Å²) in [7, 11) is 0. The molecule has 2 heterocycles. The number of aliphatic carboxylic acids is 1. The van der Waals surface area contributed by atoms with Gasteiger partial charge in [0.2, 0.25) is 5.91 Å². The molecule has 2 amide bonds. The third-order valence-electron chi connectivity index (χ3n) is 6.78. The molecular formula is C27H26N2O5S. The molecule has 1 aromatic heterocycles. The Bertz CT molecular complexity index is 1200. The molecule has 5 rings (SSSR count). The molecule has 1 saturated heterocycles. The largest absolute Gasteiger partial charge is 0.481 e. The Morgan fingerprint density at radius 3 is 2.37 bits per heavy atom. The Morgan fingerprint density at radius 2 is 1.74 bits per heavy atom. The molecule has 2 aliphatic rings. The molecule has 7 nitrogen and oxygen atoms in total. The van der Waals surface area contributed by atoms with Gasteiger partial charge in [0.15, 0.2) is 0 Å². The van der Waals surface area contributed by atoms with Gasteiger partial charge in [-0.1, -0.05) is 48.5 Å². The van der Waals surface area contributed by atoms with Crippen LogP contribution in [0, 0.1) is 0 Å². The van der Waals surface area contributed by atoms with Gasteiger partial charge in [-0.2, -0.15) is 11.3 Å². The van der Waals surface area contributed by atoms with Gasteiger partial charge >= 0.3 is 12.1 Å². The average molecular weight is 491 g/mol. The van der Waals surface area contributed by atoms with Crippen LogP contribution < -0.4 is 5.32 Å². The summed E-state index contributed by atoms with van der Waals surface area (Å²) in [6.07, 6.45) is 0.345. The highest BCUT2D eigenvalue weighted by Gasteiger charge is 2.36. The van der Waals surface area contributed by atoms with Crippen molar-refractivity contribution in [1.29, 1.82) is 0 Å². The predicted octanol–water partition coefficient (Wildman–Crippen LogP) is 4.79. The van der Waals surface area contributed by atoms with E-state index in [9.17, 15) is 19.5 Å². The zero-order chi connectivity index (χ0) is 24.4. The molecule has 8 heteroatoms. The van der Waals surface area contributed by atoms with Crippen molar-refractivity contribution in [2.24, 2.45) is 0 Å². The van der Waals surface area contributed by atoms with Crippen LogP contribution in [0.15, 0.2) is 65.4 Å². The molecule has 1 aliphatic carbocycles. The molecule has 0 saturated carbocycles. The SMILES string of the molecule is O=C(O)CC(NC(=O)OCC1c2ccccc2-c2ccccc21)C(=O)N1CCCC1c1ccsc1. The number of nitrogens with one attached hydrogen (secondary N) is 1. The van der Waals surface area contributed by atoms with E-state index in [2.05, 4.69) is 17.4 Å². The highest BCUT2D eigenvalue weighted by molar-refractivity contribution is 7.08. The van der Waals surface area contributed by atoms with Crippen molar-refractivity contribution < 1.29 is 24.2 Å². The summed E-state index contributed by atoms with van der Waals surface area (Å²) in [5.74, 6) is -1.67. The van der Waals surface area contributed by atoms with Crippen molar-refractivity contribution in [3.63, 3.8) is 0 Å². The third-order valence-corrected chi connectivity index (χ3v) is 7.48. The number of hydrogen-bond donors (Lipinski definition) is 2. The van der Waals surface area contributed by atoms with E-state index in [0.29, 0.717) is 6.54 Å².